The minimum atomic E-state index is -0.115. The van der Waals surface area contributed by atoms with E-state index in [1.165, 1.54) is 6.42 Å². The number of rotatable bonds is 5. The number of benzene rings is 1. The maximum atomic E-state index is 11.9. The van der Waals surface area contributed by atoms with E-state index in [1.807, 2.05) is 12.1 Å². The van der Waals surface area contributed by atoms with Gasteiger partial charge in [0.05, 0.1) is 5.02 Å². The third-order valence-electron chi connectivity index (χ3n) is 3.75. The van der Waals surface area contributed by atoms with E-state index in [1.54, 1.807) is 12.1 Å². The molecule has 0 aromatic heterocycles. The van der Waals surface area contributed by atoms with Crippen LogP contribution in [-0.2, 0) is 4.79 Å². The van der Waals surface area contributed by atoms with E-state index in [4.69, 9.17) is 22.1 Å². The maximum absolute atomic E-state index is 11.9. The van der Waals surface area contributed by atoms with Crippen molar-refractivity contribution in [2.45, 2.75) is 31.7 Å². The second kappa shape index (κ2) is 7.50. The molecule has 1 amide bonds. The van der Waals surface area contributed by atoms with E-state index in [-0.39, 0.29) is 18.6 Å². The molecule has 110 valence electrons. The van der Waals surface area contributed by atoms with Crippen molar-refractivity contribution in [2.75, 3.05) is 13.2 Å². The van der Waals surface area contributed by atoms with E-state index in [0.717, 1.165) is 19.3 Å². The predicted molar refractivity (Wildman–Crippen MR) is 79.9 cm³/mol. The smallest absolute Gasteiger partial charge is 0.258 e. The number of hydrogen-bond donors (Lipinski definition) is 2. The fourth-order valence-corrected chi connectivity index (χ4v) is 2.82. The summed E-state index contributed by atoms with van der Waals surface area (Å²) >= 11 is 5.97. The molecule has 3 N–H and O–H groups in total. The number of nitrogens with one attached hydrogen (secondary N) is 1. The topological polar surface area (TPSA) is 64.3 Å². The fraction of sp³-hybridized carbons (Fsp3) is 0.533. The number of carbonyl (C=O) groups excluding carboxylic acids is 1. The van der Waals surface area contributed by atoms with Crippen molar-refractivity contribution in [2.24, 2.45) is 11.7 Å². The van der Waals surface area contributed by atoms with Crippen LogP contribution in [0.4, 0.5) is 0 Å². The number of halogens is 1. The van der Waals surface area contributed by atoms with Crippen molar-refractivity contribution in [3.8, 4) is 5.75 Å². The summed E-state index contributed by atoms with van der Waals surface area (Å²) in [5.41, 5.74) is 5.75. The zero-order chi connectivity index (χ0) is 14.4. The molecule has 2 atom stereocenters. The molecule has 1 aliphatic carbocycles. The Hall–Kier alpha value is -1.26. The van der Waals surface area contributed by atoms with Gasteiger partial charge in [0.2, 0.25) is 0 Å². The van der Waals surface area contributed by atoms with Crippen molar-refractivity contribution in [3.05, 3.63) is 29.3 Å². The molecular weight excluding hydrogens is 276 g/mol. The van der Waals surface area contributed by atoms with Gasteiger partial charge in [0.1, 0.15) is 5.75 Å². The number of para-hydroxylation sites is 1. The first-order chi connectivity index (χ1) is 9.70. The van der Waals surface area contributed by atoms with Crippen LogP contribution < -0.4 is 15.8 Å². The van der Waals surface area contributed by atoms with Gasteiger partial charge >= 0.3 is 0 Å². The van der Waals surface area contributed by atoms with E-state index < -0.39 is 0 Å². The summed E-state index contributed by atoms with van der Waals surface area (Å²) in [5.74, 6) is 0.798. The Labute approximate surface area is 124 Å². The molecule has 0 radical (unpaired) electrons. The molecule has 0 spiro atoms. The molecule has 1 aliphatic rings. The third kappa shape index (κ3) is 4.12. The molecule has 2 unspecified atom stereocenters. The summed E-state index contributed by atoms with van der Waals surface area (Å²) in [7, 11) is 0. The Balaban J connectivity index is 1.82. The van der Waals surface area contributed by atoms with Crippen LogP contribution in [0.1, 0.15) is 25.7 Å². The Bertz CT molecular complexity index is 453. The molecule has 1 aromatic carbocycles. The van der Waals surface area contributed by atoms with Gasteiger partial charge in [-0.2, -0.15) is 0 Å². The number of ether oxygens (including phenoxy) is 1. The quantitative estimate of drug-likeness (QED) is 0.876. The Morgan fingerprint density at radius 3 is 2.85 bits per heavy atom. The summed E-state index contributed by atoms with van der Waals surface area (Å²) in [5, 5.41) is 3.53. The van der Waals surface area contributed by atoms with Crippen LogP contribution in [0.15, 0.2) is 24.3 Å². The summed E-state index contributed by atoms with van der Waals surface area (Å²) in [4.78, 5) is 11.9. The van der Waals surface area contributed by atoms with Gasteiger partial charge in [0, 0.05) is 6.04 Å². The molecule has 1 fully saturated rings. The first-order valence-electron chi connectivity index (χ1n) is 7.07. The number of nitrogens with two attached hydrogens (primary N) is 1. The average molecular weight is 297 g/mol. The lowest BCUT2D eigenvalue weighted by molar-refractivity contribution is -0.124. The molecular formula is C15H21ClN2O2. The maximum Gasteiger partial charge on any atom is 0.258 e. The largest absolute Gasteiger partial charge is 0.482 e. The second-order valence-electron chi connectivity index (χ2n) is 5.17. The SMILES string of the molecule is NCC1CCCCC1NC(=O)COc1ccccc1Cl. The zero-order valence-corrected chi connectivity index (χ0v) is 12.2. The van der Waals surface area contributed by atoms with Gasteiger partial charge in [-0.05, 0) is 37.4 Å². The van der Waals surface area contributed by atoms with Gasteiger partial charge in [0.15, 0.2) is 6.61 Å². The van der Waals surface area contributed by atoms with Crippen molar-refractivity contribution in [3.63, 3.8) is 0 Å². The molecule has 4 nitrogen and oxygen atoms in total. The monoisotopic (exact) mass is 296 g/mol. The molecule has 5 heteroatoms. The predicted octanol–water partition coefficient (Wildman–Crippen LogP) is 2.35. The Morgan fingerprint density at radius 1 is 1.35 bits per heavy atom. The standard InChI is InChI=1S/C15H21ClN2O2/c16-12-6-2-4-8-14(12)20-10-15(19)18-13-7-3-1-5-11(13)9-17/h2,4,6,8,11,13H,1,3,5,7,9-10,17H2,(H,18,19). The zero-order valence-electron chi connectivity index (χ0n) is 11.5. The lowest BCUT2D eigenvalue weighted by Crippen LogP contribution is -2.46. The summed E-state index contributed by atoms with van der Waals surface area (Å²) in [6, 6.07) is 7.31. The lowest BCUT2D eigenvalue weighted by Gasteiger charge is -2.31. The summed E-state index contributed by atoms with van der Waals surface area (Å²) in [6.07, 6.45) is 4.43. The van der Waals surface area contributed by atoms with Gasteiger partial charge in [0.25, 0.3) is 5.91 Å². The number of carbonyl (C=O) groups is 1. The van der Waals surface area contributed by atoms with Crippen LogP contribution in [-0.4, -0.2) is 25.1 Å². The highest BCUT2D eigenvalue weighted by Crippen LogP contribution is 2.24. The van der Waals surface area contributed by atoms with E-state index in [0.29, 0.717) is 23.2 Å². The highest BCUT2D eigenvalue weighted by atomic mass is 35.5. The fourth-order valence-electron chi connectivity index (χ4n) is 2.63. The second-order valence-corrected chi connectivity index (χ2v) is 5.58. The van der Waals surface area contributed by atoms with Crippen molar-refractivity contribution in [1.29, 1.82) is 0 Å². The molecule has 0 aliphatic heterocycles. The van der Waals surface area contributed by atoms with Gasteiger partial charge in [-0.3, -0.25) is 4.79 Å². The van der Waals surface area contributed by atoms with E-state index in [9.17, 15) is 4.79 Å². The minimum Gasteiger partial charge on any atom is -0.482 e. The Morgan fingerprint density at radius 2 is 2.10 bits per heavy atom. The van der Waals surface area contributed by atoms with Crippen molar-refractivity contribution < 1.29 is 9.53 Å². The first-order valence-corrected chi connectivity index (χ1v) is 7.45. The van der Waals surface area contributed by atoms with Gasteiger partial charge < -0.3 is 15.8 Å². The average Bonchev–Trinajstić information content (AvgIpc) is 2.47. The number of hydrogen-bond acceptors (Lipinski definition) is 3. The normalized spacial score (nSPS) is 22.3. The van der Waals surface area contributed by atoms with E-state index >= 15 is 0 Å². The highest BCUT2D eigenvalue weighted by molar-refractivity contribution is 6.32. The molecule has 2 rings (SSSR count). The van der Waals surface area contributed by atoms with Crippen molar-refractivity contribution in [1.82, 2.24) is 5.32 Å². The van der Waals surface area contributed by atoms with Crippen LogP contribution in [0.3, 0.4) is 0 Å². The first kappa shape index (κ1) is 15.1. The molecule has 0 bridgehead atoms. The molecule has 0 saturated heterocycles. The van der Waals surface area contributed by atoms with Gasteiger partial charge in [-0.15, -0.1) is 0 Å². The van der Waals surface area contributed by atoms with Crippen molar-refractivity contribution >= 4 is 17.5 Å². The van der Waals surface area contributed by atoms with Crippen LogP contribution >= 0.6 is 11.6 Å². The minimum absolute atomic E-state index is 0.0163. The molecule has 20 heavy (non-hydrogen) atoms. The van der Waals surface area contributed by atoms with Crippen LogP contribution in [0.5, 0.6) is 5.75 Å². The van der Waals surface area contributed by atoms with Gasteiger partial charge in [-0.25, -0.2) is 0 Å². The summed E-state index contributed by atoms with van der Waals surface area (Å²) in [6.45, 7) is 0.605. The van der Waals surface area contributed by atoms with Crippen LogP contribution in [0.2, 0.25) is 5.02 Å². The van der Waals surface area contributed by atoms with Crippen LogP contribution in [0.25, 0.3) is 0 Å². The molecule has 0 heterocycles. The molecule has 1 saturated carbocycles. The van der Waals surface area contributed by atoms with E-state index in [2.05, 4.69) is 5.32 Å². The number of amides is 1. The third-order valence-corrected chi connectivity index (χ3v) is 4.07. The van der Waals surface area contributed by atoms with Crippen LogP contribution in [0, 0.1) is 5.92 Å². The Kier molecular flexibility index (Phi) is 5.68. The lowest BCUT2D eigenvalue weighted by atomic mass is 9.84. The highest BCUT2D eigenvalue weighted by Gasteiger charge is 2.25. The van der Waals surface area contributed by atoms with Gasteiger partial charge in [-0.1, -0.05) is 36.6 Å². The summed E-state index contributed by atoms with van der Waals surface area (Å²) < 4.78 is 5.43. The molecule has 1 aromatic rings.